The van der Waals surface area contributed by atoms with Crippen molar-refractivity contribution in [3.05, 3.63) is 52.2 Å². The number of nitrogens with one attached hydrogen (secondary N) is 1. The van der Waals surface area contributed by atoms with Crippen molar-refractivity contribution < 1.29 is 4.79 Å². The number of nitrogens with zero attached hydrogens (tertiary/aromatic N) is 3. The summed E-state index contributed by atoms with van der Waals surface area (Å²) in [7, 11) is 1.76. The van der Waals surface area contributed by atoms with E-state index in [0.29, 0.717) is 11.4 Å². The molecule has 0 aromatic carbocycles. The van der Waals surface area contributed by atoms with Gasteiger partial charge in [0.25, 0.3) is 5.56 Å². The predicted molar refractivity (Wildman–Crippen MR) is 117 cm³/mol. The van der Waals surface area contributed by atoms with Gasteiger partial charge >= 0.3 is 0 Å². The highest BCUT2D eigenvalue weighted by atomic mass is 16.2. The number of pyridine rings is 3. The molecule has 0 atom stereocenters. The maximum Gasteiger partial charge on any atom is 0.258 e. The zero-order valence-corrected chi connectivity index (χ0v) is 17.4. The molecule has 2 fully saturated rings. The molecule has 0 radical (unpaired) electrons. The lowest BCUT2D eigenvalue weighted by atomic mass is 10.0. The van der Waals surface area contributed by atoms with E-state index in [-0.39, 0.29) is 17.4 Å². The van der Waals surface area contributed by atoms with E-state index in [1.165, 1.54) is 19.3 Å². The molecule has 3 aromatic rings. The lowest BCUT2D eigenvalue weighted by Crippen LogP contribution is -2.20. The van der Waals surface area contributed by atoms with Gasteiger partial charge in [0.1, 0.15) is 5.82 Å². The zero-order valence-electron chi connectivity index (χ0n) is 17.4. The minimum absolute atomic E-state index is 0.00643. The first-order chi connectivity index (χ1) is 14.5. The fourth-order valence-electron chi connectivity index (χ4n) is 3.99. The second-order valence-corrected chi connectivity index (χ2v) is 8.79. The van der Waals surface area contributed by atoms with E-state index < -0.39 is 0 Å². The normalized spacial score (nSPS) is 16.1. The van der Waals surface area contributed by atoms with Crippen molar-refractivity contribution in [3.8, 4) is 11.1 Å². The number of carbonyl (C=O) groups is 1. The average molecular weight is 402 g/mol. The molecule has 1 amide bonds. The van der Waals surface area contributed by atoms with Crippen molar-refractivity contribution in [1.29, 1.82) is 0 Å². The van der Waals surface area contributed by atoms with E-state index in [4.69, 9.17) is 0 Å². The summed E-state index contributed by atoms with van der Waals surface area (Å²) in [6.45, 7) is 2.04. The second-order valence-electron chi connectivity index (χ2n) is 8.79. The number of hydrogen-bond acceptors (Lipinski definition) is 4. The molecule has 2 aliphatic carbocycles. The molecular weight excluding hydrogens is 376 g/mol. The first kappa shape index (κ1) is 19.0. The van der Waals surface area contributed by atoms with E-state index in [9.17, 15) is 9.59 Å². The number of anilines is 1. The molecule has 0 unspecified atom stereocenters. The fourth-order valence-corrected chi connectivity index (χ4v) is 3.99. The number of aryl methyl sites for hydroxylation is 3. The summed E-state index contributed by atoms with van der Waals surface area (Å²) in [5.41, 5.74) is 4.31. The Balaban J connectivity index is 1.47. The van der Waals surface area contributed by atoms with Crippen LogP contribution in [0.1, 0.15) is 43.4 Å². The number of hydrogen-bond donors (Lipinski definition) is 1. The van der Waals surface area contributed by atoms with Crippen molar-refractivity contribution in [2.75, 3.05) is 5.32 Å². The van der Waals surface area contributed by atoms with Crippen molar-refractivity contribution in [2.24, 2.45) is 18.9 Å². The van der Waals surface area contributed by atoms with Gasteiger partial charge in [0.05, 0.1) is 5.52 Å². The summed E-state index contributed by atoms with van der Waals surface area (Å²) in [4.78, 5) is 34.2. The number of rotatable bonds is 6. The summed E-state index contributed by atoms with van der Waals surface area (Å²) in [6.07, 6.45) is 10.3. The molecule has 5 rings (SSSR count). The van der Waals surface area contributed by atoms with Gasteiger partial charge in [0, 0.05) is 53.6 Å². The first-order valence-corrected chi connectivity index (χ1v) is 10.8. The Kier molecular flexibility index (Phi) is 4.65. The van der Waals surface area contributed by atoms with Crippen LogP contribution < -0.4 is 10.9 Å². The third-order valence-corrected chi connectivity index (χ3v) is 6.27. The monoisotopic (exact) mass is 402 g/mol. The van der Waals surface area contributed by atoms with Gasteiger partial charge in [-0.2, -0.15) is 0 Å². The van der Waals surface area contributed by atoms with Crippen LogP contribution >= 0.6 is 0 Å². The predicted octanol–water partition coefficient (Wildman–Crippen LogP) is 4.00. The Labute approximate surface area is 175 Å². The Morgan fingerprint density at radius 1 is 1.10 bits per heavy atom. The van der Waals surface area contributed by atoms with Crippen LogP contribution in [-0.2, 0) is 18.3 Å². The maximum absolute atomic E-state index is 13.1. The summed E-state index contributed by atoms with van der Waals surface area (Å²) in [6, 6.07) is 5.76. The summed E-state index contributed by atoms with van der Waals surface area (Å²) in [5.74, 6) is 1.48. The average Bonchev–Trinajstić information content (AvgIpc) is 3.63. The molecule has 0 aliphatic heterocycles. The van der Waals surface area contributed by atoms with Crippen molar-refractivity contribution in [3.63, 3.8) is 0 Å². The summed E-state index contributed by atoms with van der Waals surface area (Å²) in [5, 5.41) is 3.71. The van der Waals surface area contributed by atoms with E-state index in [1.807, 2.05) is 19.2 Å². The highest BCUT2D eigenvalue weighted by molar-refractivity contribution is 5.95. The number of amides is 1. The molecule has 1 N–H and O–H groups in total. The molecule has 0 saturated heterocycles. The minimum atomic E-state index is -0.0798. The lowest BCUT2D eigenvalue weighted by molar-refractivity contribution is -0.117. The Hall–Kier alpha value is -3.02. The van der Waals surface area contributed by atoms with E-state index in [0.717, 1.165) is 52.9 Å². The summed E-state index contributed by atoms with van der Waals surface area (Å²) < 4.78 is 1.62. The number of aromatic nitrogens is 3. The Morgan fingerprint density at radius 3 is 2.60 bits per heavy atom. The van der Waals surface area contributed by atoms with Crippen LogP contribution in [0.15, 0.2) is 35.4 Å². The minimum Gasteiger partial charge on any atom is -0.311 e. The van der Waals surface area contributed by atoms with Crippen LogP contribution in [0.25, 0.3) is 22.0 Å². The molecule has 154 valence electrons. The molecule has 6 nitrogen and oxygen atoms in total. The van der Waals surface area contributed by atoms with E-state index >= 15 is 0 Å². The highest BCUT2D eigenvalue weighted by Crippen LogP contribution is 2.34. The quantitative estimate of drug-likeness (QED) is 0.676. The number of carbonyl (C=O) groups excluding carboxylic acids is 1. The smallest absolute Gasteiger partial charge is 0.258 e. The lowest BCUT2D eigenvalue weighted by Gasteiger charge is -2.12. The van der Waals surface area contributed by atoms with Gasteiger partial charge in [0.15, 0.2) is 0 Å². The van der Waals surface area contributed by atoms with Crippen molar-refractivity contribution in [1.82, 2.24) is 14.5 Å². The van der Waals surface area contributed by atoms with Crippen LogP contribution in [0, 0.1) is 18.8 Å². The van der Waals surface area contributed by atoms with Gasteiger partial charge in [-0.05, 0) is 56.2 Å². The van der Waals surface area contributed by atoms with Gasteiger partial charge in [-0.1, -0.05) is 12.8 Å². The highest BCUT2D eigenvalue weighted by Gasteiger charge is 2.29. The van der Waals surface area contributed by atoms with Gasteiger partial charge in [0.2, 0.25) is 5.91 Å². The van der Waals surface area contributed by atoms with Crippen LogP contribution in [-0.4, -0.2) is 20.4 Å². The van der Waals surface area contributed by atoms with Gasteiger partial charge in [-0.25, -0.2) is 4.98 Å². The van der Waals surface area contributed by atoms with Crippen LogP contribution in [0.5, 0.6) is 0 Å². The molecule has 3 aromatic heterocycles. The second kappa shape index (κ2) is 7.35. The molecule has 2 aliphatic rings. The Morgan fingerprint density at radius 2 is 1.90 bits per heavy atom. The van der Waals surface area contributed by atoms with Crippen molar-refractivity contribution in [2.45, 2.75) is 45.4 Å². The SMILES string of the molecule is Cc1cc(CCC2CC2)ncc1-c1cc2cnc(NC(=O)C3CC3)cc2n(C)c1=O. The van der Waals surface area contributed by atoms with Crippen LogP contribution in [0.3, 0.4) is 0 Å². The standard InChI is InChI=1S/C24H26N4O2/c1-14-9-18(8-5-15-3-4-15)25-13-20(14)19-10-17-12-26-22(27-23(29)16-6-7-16)11-21(17)28(2)24(19)30/h9-13,15-16H,3-8H2,1-2H3,(H,26,27,29). The van der Waals surface area contributed by atoms with E-state index in [1.54, 1.807) is 23.9 Å². The molecule has 0 spiro atoms. The molecule has 30 heavy (non-hydrogen) atoms. The van der Waals surface area contributed by atoms with E-state index in [2.05, 4.69) is 21.4 Å². The van der Waals surface area contributed by atoms with Crippen LogP contribution in [0.2, 0.25) is 0 Å². The topological polar surface area (TPSA) is 76.9 Å². The van der Waals surface area contributed by atoms with Gasteiger partial charge in [-0.3, -0.25) is 14.6 Å². The summed E-state index contributed by atoms with van der Waals surface area (Å²) >= 11 is 0. The number of fused-ring (bicyclic) bond motifs is 1. The van der Waals surface area contributed by atoms with Crippen LogP contribution in [0.4, 0.5) is 5.82 Å². The van der Waals surface area contributed by atoms with Gasteiger partial charge in [-0.15, -0.1) is 0 Å². The third kappa shape index (κ3) is 3.74. The first-order valence-electron chi connectivity index (χ1n) is 10.8. The molecule has 3 heterocycles. The largest absolute Gasteiger partial charge is 0.311 e. The molecule has 6 heteroatoms. The Bertz CT molecular complexity index is 1210. The molecule has 2 saturated carbocycles. The zero-order chi connectivity index (χ0) is 20.8. The maximum atomic E-state index is 13.1. The third-order valence-electron chi connectivity index (χ3n) is 6.27. The van der Waals surface area contributed by atoms with Gasteiger partial charge < -0.3 is 9.88 Å². The van der Waals surface area contributed by atoms with Crippen molar-refractivity contribution >= 4 is 22.6 Å². The fraction of sp³-hybridized carbons (Fsp3) is 0.417. The molecule has 0 bridgehead atoms. The molecular formula is C24H26N4O2.